The molecule has 136 valence electrons. The first kappa shape index (κ1) is 19.7. The van der Waals surface area contributed by atoms with Crippen LogP contribution >= 0.6 is 11.6 Å². The zero-order valence-electron chi connectivity index (χ0n) is 16.1. The van der Waals surface area contributed by atoms with Gasteiger partial charge in [-0.25, -0.2) is 0 Å². The Hall–Kier alpha value is -1.64. The lowest BCUT2D eigenvalue weighted by Crippen LogP contribution is -2.52. The summed E-state index contributed by atoms with van der Waals surface area (Å²) in [5.74, 6) is 1.20. The maximum Gasteiger partial charge on any atom is 0.246 e. The molecular formula is C19H27ClN2O2Si. The zero-order chi connectivity index (χ0) is 18.9. The highest BCUT2D eigenvalue weighted by Crippen LogP contribution is 2.47. The maximum absolute atomic E-state index is 9.27. The van der Waals surface area contributed by atoms with Gasteiger partial charge in [0, 0.05) is 6.07 Å². The van der Waals surface area contributed by atoms with E-state index >= 15 is 0 Å². The van der Waals surface area contributed by atoms with Crippen LogP contribution in [0.25, 0.3) is 11.5 Å². The van der Waals surface area contributed by atoms with Crippen molar-refractivity contribution in [2.24, 2.45) is 0 Å². The van der Waals surface area contributed by atoms with Crippen molar-refractivity contribution in [3.05, 3.63) is 29.1 Å². The SMILES string of the molecule is COc1cc(-c2c(Cl)ccn2[Si](C(C)C)(C(C)C)C(C)C)oc1C#N. The van der Waals surface area contributed by atoms with E-state index in [0.29, 0.717) is 33.2 Å². The normalized spacial score (nSPS) is 12.2. The maximum atomic E-state index is 9.27. The fourth-order valence-electron chi connectivity index (χ4n) is 4.52. The molecule has 0 aliphatic heterocycles. The number of nitrogens with zero attached hydrogens (tertiary/aromatic N) is 2. The van der Waals surface area contributed by atoms with Crippen LogP contribution in [0.4, 0.5) is 0 Å². The van der Waals surface area contributed by atoms with Gasteiger partial charge in [-0.15, -0.1) is 0 Å². The number of nitriles is 1. The van der Waals surface area contributed by atoms with E-state index in [4.69, 9.17) is 20.8 Å². The molecular weight excluding hydrogens is 352 g/mol. The van der Waals surface area contributed by atoms with Crippen molar-refractivity contribution < 1.29 is 9.15 Å². The van der Waals surface area contributed by atoms with E-state index in [2.05, 4.69) is 52.0 Å². The van der Waals surface area contributed by atoms with Gasteiger partial charge in [-0.05, 0) is 28.9 Å². The minimum atomic E-state index is -1.99. The Kier molecular flexibility index (Phi) is 5.75. The van der Waals surface area contributed by atoms with Gasteiger partial charge in [-0.1, -0.05) is 53.1 Å². The van der Waals surface area contributed by atoms with Gasteiger partial charge in [0.1, 0.15) is 6.07 Å². The van der Waals surface area contributed by atoms with Crippen molar-refractivity contribution >= 4 is 19.8 Å². The first-order valence-electron chi connectivity index (χ1n) is 8.67. The van der Waals surface area contributed by atoms with Crippen LogP contribution in [0.5, 0.6) is 5.75 Å². The van der Waals surface area contributed by atoms with Crippen LogP contribution in [0.2, 0.25) is 21.6 Å². The molecule has 0 spiro atoms. The van der Waals surface area contributed by atoms with Gasteiger partial charge >= 0.3 is 0 Å². The minimum absolute atomic E-state index is 0.173. The standard InChI is InChI=1S/C19H27ClN2O2Si/c1-12(2)25(13(3)4,14(5)6)22-9-8-15(20)19(22)17-10-16(23-7)18(11-21)24-17/h8-10,12-14H,1-7H3. The molecule has 0 bridgehead atoms. The van der Waals surface area contributed by atoms with Gasteiger partial charge in [0.15, 0.2) is 19.7 Å². The van der Waals surface area contributed by atoms with Crippen molar-refractivity contribution in [3.8, 4) is 23.3 Å². The van der Waals surface area contributed by atoms with Crippen LogP contribution in [0.15, 0.2) is 22.7 Å². The topological polar surface area (TPSA) is 51.1 Å². The van der Waals surface area contributed by atoms with Gasteiger partial charge < -0.3 is 13.4 Å². The van der Waals surface area contributed by atoms with E-state index in [1.54, 1.807) is 6.07 Å². The van der Waals surface area contributed by atoms with Crippen LogP contribution < -0.4 is 4.74 Å². The summed E-state index contributed by atoms with van der Waals surface area (Å²) in [6.07, 6.45) is 2.09. The number of furan rings is 1. The van der Waals surface area contributed by atoms with Crippen molar-refractivity contribution in [1.82, 2.24) is 4.23 Å². The third-order valence-electron chi connectivity index (χ3n) is 5.28. The number of hydrogen-bond acceptors (Lipinski definition) is 3. The molecule has 2 heterocycles. The third kappa shape index (κ3) is 3.02. The lowest BCUT2D eigenvalue weighted by molar-refractivity contribution is 0.403. The molecule has 4 nitrogen and oxygen atoms in total. The lowest BCUT2D eigenvalue weighted by Gasteiger charge is -2.45. The minimum Gasteiger partial charge on any atom is -0.492 e. The average molecular weight is 379 g/mol. The molecule has 0 saturated heterocycles. The highest BCUT2D eigenvalue weighted by Gasteiger charge is 2.46. The fraction of sp³-hybridized carbons (Fsp3) is 0.526. The number of methoxy groups -OCH3 is 1. The molecule has 0 aliphatic rings. The molecule has 0 amide bonds. The number of rotatable bonds is 6. The molecule has 2 aromatic heterocycles. The van der Waals surface area contributed by atoms with Gasteiger partial charge in [0.2, 0.25) is 5.76 Å². The van der Waals surface area contributed by atoms with Crippen molar-refractivity contribution in [2.45, 2.75) is 58.2 Å². The second kappa shape index (κ2) is 7.31. The number of aromatic nitrogens is 1. The Morgan fingerprint density at radius 1 is 1.16 bits per heavy atom. The van der Waals surface area contributed by atoms with Crippen LogP contribution in [-0.4, -0.2) is 19.6 Å². The van der Waals surface area contributed by atoms with E-state index in [1.165, 1.54) is 7.11 Å². The molecule has 0 aromatic carbocycles. The summed E-state index contributed by atoms with van der Waals surface area (Å²) in [6, 6.07) is 5.73. The quantitative estimate of drug-likeness (QED) is 0.553. The second-order valence-corrected chi connectivity index (χ2v) is 13.5. The van der Waals surface area contributed by atoms with Gasteiger partial charge in [0.05, 0.1) is 17.8 Å². The summed E-state index contributed by atoms with van der Waals surface area (Å²) in [5, 5.41) is 9.91. The number of hydrogen-bond donors (Lipinski definition) is 0. The predicted octanol–water partition coefficient (Wildman–Crippen LogP) is 6.31. The van der Waals surface area contributed by atoms with E-state index in [0.717, 1.165) is 5.69 Å². The number of halogens is 1. The summed E-state index contributed by atoms with van der Waals surface area (Å²) < 4.78 is 13.4. The molecule has 0 fully saturated rings. The molecule has 6 heteroatoms. The average Bonchev–Trinajstić information content (AvgIpc) is 3.10. The van der Waals surface area contributed by atoms with Crippen molar-refractivity contribution in [3.63, 3.8) is 0 Å². The highest BCUT2D eigenvalue weighted by atomic mass is 35.5. The largest absolute Gasteiger partial charge is 0.492 e. The summed E-state index contributed by atoms with van der Waals surface area (Å²) in [6.45, 7) is 13.8. The van der Waals surface area contributed by atoms with Gasteiger partial charge in [0.25, 0.3) is 0 Å². The summed E-state index contributed by atoms with van der Waals surface area (Å²) in [4.78, 5) is 0. The van der Waals surface area contributed by atoms with Crippen molar-refractivity contribution in [1.29, 1.82) is 5.26 Å². The Labute approximate surface area is 156 Å². The fourth-order valence-corrected chi connectivity index (χ4v) is 11.5. The molecule has 0 radical (unpaired) electrons. The molecule has 2 aromatic rings. The first-order chi connectivity index (χ1) is 11.7. The van der Waals surface area contributed by atoms with Crippen LogP contribution in [-0.2, 0) is 0 Å². The van der Waals surface area contributed by atoms with E-state index in [9.17, 15) is 5.26 Å². The van der Waals surface area contributed by atoms with Crippen LogP contribution in [0.3, 0.4) is 0 Å². The Bertz CT molecular complexity index is 762. The molecule has 0 aliphatic carbocycles. The van der Waals surface area contributed by atoms with Crippen LogP contribution in [0.1, 0.15) is 47.3 Å². The van der Waals surface area contributed by atoms with E-state index in [-0.39, 0.29) is 5.76 Å². The molecule has 0 saturated carbocycles. The van der Waals surface area contributed by atoms with Gasteiger partial charge in [-0.2, -0.15) is 5.26 Å². The summed E-state index contributed by atoms with van der Waals surface area (Å²) in [7, 11) is -0.457. The Morgan fingerprint density at radius 3 is 2.12 bits per heavy atom. The summed E-state index contributed by atoms with van der Waals surface area (Å²) in [5.41, 5.74) is 2.40. The second-order valence-electron chi connectivity index (χ2n) is 7.35. The molecule has 2 rings (SSSR count). The molecule has 25 heavy (non-hydrogen) atoms. The summed E-state index contributed by atoms with van der Waals surface area (Å²) >= 11 is 6.57. The zero-order valence-corrected chi connectivity index (χ0v) is 17.8. The first-order valence-corrected chi connectivity index (χ1v) is 11.2. The molecule has 0 unspecified atom stereocenters. The van der Waals surface area contributed by atoms with Gasteiger partial charge in [-0.3, -0.25) is 0 Å². The monoisotopic (exact) mass is 378 g/mol. The van der Waals surface area contributed by atoms with Crippen LogP contribution in [0, 0.1) is 11.3 Å². The van der Waals surface area contributed by atoms with E-state index in [1.807, 2.05) is 12.1 Å². The number of ether oxygens (including phenoxy) is 1. The van der Waals surface area contributed by atoms with Crippen molar-refractivity contribution in [2.75, 3.05) is 7.11 Å². The Balaban J connectivity index is 2.78. The third-order valence-corrected chi connectivity index (χ3v) is 12.3. The predicted molar refractivity (Wildman–Crippen MR) is 105 cm³/mol. The Morgan fingerprint density at radius 2 is 1.72 bits per heavy atom. The lowest BCUT2D eigenvalue weighted by atomic mass is 10.3. The molecule has 0 atom stereocenters. The van der Waals surface area contributed by atoms with E-state index < -0.39 is 8.24 Å². The highest BCUT2D eigenvalue weighted by molar-refractivity contribution is 6.82. The smallest absolute Gasteiger partial charge is 0.246 e. The molecule has 0 N–H and O–H groups in total.